The monoisotopic (exact) mass is 534 g/mol. The number of thioether (sulfide) groups is 1. The van der Waals surface area contributed by atoms with Gasteiger partial charge in [0.25, 0.3) is 0 Å². The third-order valence-corrected chi connectivity index (χ3v) is 6.23. The molecule has 0 bridgehead atoms. The number of benzene rings is 2. The van der Waals surface area contributed by atoms with E-state index in [-0.39, 0.29) is 18.3 Å². The topological polar surface area (TPSA) is 69.0 Å². The van der Waals surface area contributed by atoms with E-state index in [2.05, 4.69) is 57.9 Å². The molecule has 32 heavy (non-hydrogen) atoms. The molecule has 0 saturated heterocycles. The van der Waals surface area contributed by atoms with Crippen LogP contribution in [-0.2, 0) is 17.9 Å². The van der Waals surface area contributed by atoms with Gasteiger partial charge in [0.15, 0.2) is 11.0 Å². The number of hydrogen-bond acceptors (Lipinski definition) is 5. The van der Waals surface area contributed by atoms with Crippen molar-refractivity contribution in [2.75, 3.05) is 11.1 Å². The summed E-state index contributed by atoms with van der Waals surface area (Å²) in [7, 11) is 0. The molecule has 0 saturated carbocycles. The minimum Gasteiger partial charge on any atom is -0.485 e. The van der Waals surface area contributed by atoms with Crippen molar-refractivity contribution >= 4 is 50.9 Å². The fourth-order valence-electron chi connectivity index (χ4n) is 2.95. The summed E-state index contributed by atoms with van der Waals surface area (Å²) in [5.74, 6) is 1.86. The largest absolute Gasteiger partial charge is 0.485 e. The highest BCUT2D eigenvalue weighted by Gasteiger charge is 2.16. The molecule has 0 aliphatic carbocycles. The lowest BCUT2D eigenvalue weighted by Crippen LogP contribution is -2.15. The SMILES string of the molecule is C=CCn1c(COc2ccc(Br)cc2C(C)C)nnc1SCC(=O)Nc1ccc(Cl)cc1. The van der Waals surface area contributed by atoms with Crippen molar-refractivity contribution in [1.29, 1.82) is 0 Å². The number of halogens is 2. The number of amides is 1. The quantitative estimate of drug-likeness (QED) is 0.243. The van der Waals surface area contributed by atoms with Crippen molar-refractivity contribution in [3.05, 3.63) is 76.0 Å². The van der Waals surface area contributed by atoms with Crippen LogP contribution in [0.1, 0.15) is 31.2 Å². The summed E-state index contributed by atoms with van der Waals surface area (Å²) in [6, 6.07) is 12.9. The van der Waals surface area contributed by atoms with Crippen LogP contribution in [0, 0.1) is 0 Å². The number of ether oxygens (including phenoxy) is 1. The molecule has 1 amide bonds. The number of allylic oxidation sites excluding steroid dienone is 1. The Hall–Kier alpha value is -2.29. The molecule has 9 heteroatoms. The molecular formula is C23H24BrClN4O2S. The predicted octanol–water partition coefficient (Wildman–Crippen LogP) is 6.31. The van der Waals surface area contributed by atoms with Gasteiger partial charge >= 0.3 is 0 Å². The van der Waals surface area contributed by atoms with Crippen molar-refractivity contribution in [3.8, 4) is 5.75 Å². The number of nitrogens with zero attached hydrogens (tertiary/aromatic N) is 3. The van der Waals surface area contributed by atoms with Crippen molar-refractivity contribution in [3.63, 3.8) is 0 Å². The first kappa shape index (κ1) is 24.4. The van der Waals surface area contributed by atoms with Gasteiger partial charge in [-0.3, -0.25) is 9.36 Å². The minimum absolute atomic E-state index is 0.139. The first-order valence-electron chi connectivity index (χ1n) is 10.0. The van der Waals surface area contributed by atoms with Gasteiger partial charge < -0.3 is 10.1 Å². The van der Waals surface area contributed by atoms with Crippen LogP contribution < -0.4 is 10.1 Å². The van der Waals surface area contributed by atoms with E-state index in [0.717, 1.165) is 15.8 Å². The van der Waals surface area contributed by atoms with Gasteiger partial charge in [0, 0.05) is 21.7 Å². The zero-order chi connectivity index (χ0) is 23.1. The second-order valence-corrected chi connectivity index (χ2v) is 9.56. The zero-order valence-electron chi connectivity index (χ0n) is 17.8. The molecule has 1 aromatic heterocycles. The number of anilines is 1. The average molecular weight is 536 g/mol. The van der Waals surface area contributed by atoms with E-state index < -0.39 is 0 Å². The van der Waals surface area contributed by atoms with Crippen LogP contribution in [0.5, 0.6) is 5.75 Å². The molecule has 0 spiro atoms. The van der Waals surface area contributed by atoms with Crippen LogP contribution >= 0.6 is 39.3 Å². The van der Waals surface area contributed by atoms with Crippen LogP contribution in [-0.4, -0.2) is 26.4 Å². The first-order chi connectivity index (χ1) is 15.4. The number of carbonyl (C=O) groups excluding carboxylic acids is 1. The molecule has 1 heterocycles. The predicted molar refractivity (Wildman–Crippen MR) is 134 cm³/mol. The Balaban J connectivity index is 1.65. The highest BCUT2D eigenvalue weighted by molar-refractivity contribution is 9.10. The van der Waals surface area contributed by atoms with Gasteiger partial charge in [-0.15, -0.1) is 16.8 Å². The third kappa shape index (κ3) is 6.60. The van der Waals surface area contributed by atoms with Gasteiger partial charge in [0.2, 0.25) is 5.91 Å². The number of aromatic nitrogens is 3. The Labute approximate surface area is 205 Å². The fourth-order valence-corrected chi connectivity index (χ4v) is 4.22. The lowest BCUT2D eigenvalue weighted by molar-refractivity contribution is -0.113. The summed E-state index contributed by atoms with van der Waals surface area (Å²) in [4.78, 5) is 12.3. The van der Waals surface area contributed by atoms with Crippen molar-refractivity contribution < 1.29 is 9.53 Å². The van der Waals surface area contributed by atoms with Crippen LogP contribution in [0.3, 0.4) is 0 Å². The Bertz CT molecular complexity index is 1090. The molecule has 3 aromatic rings. The smallest absolute Gasteiger partial charge is 0.234 e. The molecule has 168 valence electrons. The van der Waals surface area contributed by atoms with Gasteiger partial charge in [-0.05, 0) is 53.9 Å². The van der Waals surface area contributed by atoms with Crippen LogP contribution in [0.25, 0.3) is 0 Å². The van der Waals surface area contributed by atoms with Gasteiger partial charge in [-0.25, -0.2) is 0 Å². The van der Waals surface area contributed by atoms with E-state index in [0.29, 0.717) is 34.2 Å². The van der Waals surface area contributed by atoms with Crippen molar-refractivity contribution in [2.45, 2.75) is 38.1 Å². The Kier molecular flexibility index (Phi) is 8.78. The summed E-state index contributed by atoms with van der Waals surface area (Å²) < 4.78 is 8.99. The van der Waals surface area contributed by atoms with E-state index in [1.807, 2.05) is 16.7 Å². The molecule has 0 radical (unpaired) electrons. The Morgan fingerprint density at radius 2 is 2.03 bits per heavy atom. The summed E-state index contributed by atoms with van der Waals surface area (Å²) in [5.41, 5.74) is 1.81. The second-order valence-electron chi connectivity index (χ2n) is 7.27. The van der Waals surface area contributed by atoms with E-state index in [1.165, 1.54) is 11.8 Å². The lowest BCUT2D eigenvalue weighted by atomic mass is 10.0. The number of rotatable bonds is 10. The number of nitrogens with one attached hydrogen (secondary N) is 1. The normalized spacial score (nSPS) is 10.9. The standard InChI is InChI=1S/C23H24BrClN4O2S/c1-4-11-29-21(13-31-20-10-5-16(24)12-19(20)15(2)3)27-28-23(29)32-14-22(30)26-18-8-6-17(25)7-9-18/h4-10,12,15H,1,11,13-14H2,2-3H3,(H,26,30). The van der Waals surface area contributed by atoms with Gasteiger partial charge in [-0.1, -0.05) is 59.2 Å². The molecule has 3 rings (SSSR count). The summed E-state index contributed by atoms with van der Waals surface area (Å²) >= 11 is 10.7. The maximum absolute atomic E-state index is 12.3. The summed E-state index contributed by atoms with van der Waals surface area (Å²) in [5, 5.41) is 12.6. The molecule has 0 aliphatic rings. The van der Waals surface area contributed by atoms with Gasteiger partial charge in [-0.2, -0.15) is 0 Å². The molecule has 0 aliphatic heterocycles. The third-order valence-electron chi connectivity index (χ3n) is 4.52. The summed E-state index contributed by atoms with van der Waals surface area (Å²) in [6.07, 6.45) is 1.77. The molecule has 6 nitrogen and oxygen atoms in total. The molecule has 0 fully saturated rings. The van der Waals surface area contributed by atoms with E-state index in [4.69, 9.17) is 16.3 Å². The molecule has 2 aromatic carbocycles. The van der Waals surface area contributed by atoms with Crippen LogP contribution in [0.15, 0.2) is 64.7 Å². The lowest BCUT2D eigenvalue weighted by Gasteiger charge is -2.15. The van der Waals surface area contributed by atoms with Gasteiger partial charge in [0.1, 0.15) is 12.4 Å². The van der Waals surface area contributed by atoms with Crippen LogP contribution in [0.4, 0.5) is 5.69 Å². The maximum atomic E-state index is 12.3. The average Bonchev–Trinajstić information content (AvgIpc) is 3.14. The molecule has 0 atom stereocenters. The molecular weight excluding hydrogens is 512 g/mol. The fraction of sp³-hybridized carbons (Fsp3) is 0.261. The van der Waals surface area contributed by atoms with Gasteiger partial charge in [0.05, 0.1) is 5.75 Å². The second kappa shape index (κ2) is 11.5. The number of carbonyl (C=O) groups is 1. The summed E-state index contributed by atoms with van der Waals surface area (Å²) in [6.45, 7) is 8.85. The first-order valence-corrected chi connectivity index (χ1v) is 12.2. The molecule has 0 unspecified atom stereocenters. The Morgan fingerprint density at radius 3 is 2.72 bits per heavy atom. The highest BCUT2D eigenvalue weighted by Crippen LogP contribution is 2.30. The van der Waals surface area contributed by atoms with Crippen LogP contribution in [0.2, 0.25) is 5.02 Å². The van der Waals surface area contributed by atoms with Crippen molar-refractivity contribution in [1.82, 2.24) is 14.8 Å². The Morgan fingerprint density at radius 1 is 1.28 bits per heavy atom. The number of hydrogen-bond donors (Lipinski definition) is 1. The molecule has 1 N–H and O–H groups in total. The van der Waals surface area contributed by atoms with E-state index >= 15 is 0 Å². The maximum Gasteiger partial charge on any atom is 0.234 e. The zero-order valence-corrected chi connectivity index (χ0v) is 21.0. The van der Waals surface area contributed by atoms with E-state index in [1.54, 1.807) is 30.3 Å². The minimum atomic E-state index is -0.139. The van der Waals surface area contributed by atoms with Crippen molar-refractivity contribution in [2.24, 2.45) is 0 Å². The highest BCUT2D eigenvalue weighted by atomic mass is 79.9. The van der Waals surface area contributed by atoms with E-state index in [9.17, 15) is 4.79 Å².